The van der Waals surface area contributed by atoms with Crippen LogP contribution in [0.1, 0.15) is 40.1 Å². The van der Waals surface area contributed by atoms with Crippen molar-refractivity contribution in [2.24, 2.45) is 0 Å². The Morgan fingerprint density at radius 2 is 1.84 bits per heavy atom. The van der Waals surface area contributed by atoms with Gasteiger partial charge in [0.15, 0.2) is 0 Å². The van der Waals surface area contributed by atoms with E-state index in [1.54, 1.807) is 12.1 Å². The third-order valence-corrected chi connectivity index (χ3v) is 4.19. The van der Waals surface area contributed by atoms with Gasteiger partial charge in [0.25, 0.3) is 5.91 Å². The number of nitrogens with one attached hydrogen (secondary N) is 1. The van der Waals surface area contributed by atoms with Crippen LogP contribution in [0.2, 0.25) is 5.02 Å². The Hall–Kier alpha value is -2.37. The summed E-state index contributed by atoms with van der Waals surface area (Å²) >= 11 is 5.83. The number of aromatic carboxylic acids is 1. The van der Waals surface area contributed by atoms with Crippen molar-refractivity contribution in [2.45, 2.75) is 20.4 Å². The van der Waals surface area contributed by atoms with E-state index in [2.05, 4.69) is 24.1 Å². The summed E-state index contributed by atoms with van der Waals surface area (Å²) in [6.07, 6.45) is 0. The third-order valence-electron chi connectivity index (χ3n) is 3.95. The predicted molar refractivity (Wildman–Crippen MR) is 99.4 cm³/mol. The van der Waals surface area contributed by atoms with Crippen molar-refractivity contribution in [1.29, 1.82) is 0 Å². The maximum Gasteiger partial charge on any atom is 0.337 e. The molecule has 0 saturated heterocycles. The lowest BCUT2D eigenvalue weighted by Gasteiger charge is -2.18. The average molecular weight is 361 g/mol. The molecule has 0 radical (unpaired) electrons. The fourth-order valence-electron chi connectivity index (χ4n) is 2.51. The van der Waals surface area contributed by atoms with E-state index in [1.165, 1.54) is 12.1 Å². The lowest BCUT2D eigenvalue weighted by atomic mass is 10.1. The van der Waals surface area contributed by atoms with Crippen LogP contribution < -0.4 is 5.32 Å². The Labute approximate surface area is 152 Å². The molecule has 2 N–H and O–H groups in total. The molecule has 0 fully saturated rings. The Balaban J connectivity index is 2.20. The first kappa shape index (κ1) is 19.0. The van der Waals surface area contributed by atoms with Crippen molar-refractivity contribution < 1.29 is 14.7 Å². The Morgan fingerprint density at radius 3 is 2.48 bits per heavy atom. The lowest BCUT2D eigenvalue weighted by molar-refractivity contribution is 0.0698. The van der Waals surface area contributed by atoms with E-state index >= 15 is 0 Å². The molecule has 132 valence electrons. The molecule has 0 saturated carbocycles. The van der Waals surface area contributed by atoms with Gasteiger partial charge in [-0.3, -0.25) is 9.69 Å². The molecular weight excluding hydrogens is 340 g/mol. The maximum atomic E-state index is 12.5. The number of carboxylic acids is 1. The van der Waals surface area contributed by atoms with Crippen LogP contribution in [-0.2, 0) is 6.54 Å². The number of carboxylic acid groups (broad SMARTS) is 1. The zero-order chi connectivity index (χ0) is 18.4. The van der Waals surface area contributed by atoms with Crippen molar-refractivity contribution in [1.82, 2.24) is 4.90 Å². The van der Waals surface area contributed by atoms with Gasteiger partial charge in [-0.15, -0.1) is 0 Å². The molecule has 0 unspecified atom stereocenters. The van der Waals surface area contributed by atoms with Crippen molar-refractivity contribution >= 4 is 29.2 Å². The van der Waals surface area contributed by atoms with Crippen LogP contribution >= 0.6 is 11.6 Å². The van der Waals surface area contributed by atoms with Crippen LogP contribution in [0.25, 0.3) is 0 Å². The quantitative estimate of drug-likeness (QED) is 0.778. The van der Waals surface area contributed by atoms with Crippen LogP contribution in [0.5, 0.6) is 0 Å². The molecule has 0 atom stereocenters. The molecular formula is C19H21ClN2O3. The lowest BCUT2D eigenvalue weighted by Crippen LogP contribution is -2.22. The SMILES string of the molecule is CCN(CC)Cc1cccc(C(=O)Nc2ccc(Cl)cc2C(=O)O)c1. The monoisotopic (exact) mass is 360 g/mol. The standard InChI is InChI=1S/C19H21ClN2O3/c1-3-22(4-2)12-13-6-5-7-14(10-13)18(23)21-17-9-8-15(20)11-16(17)19(24)25/h5-11H,3-4,12H2,1-2H3,(H,21,23)(H,24,25). The van der Waals surface area contributed by atoms with Gasteiger partial charge in [0.05, 0.1) is 11.3 Å². The second-order valence-electron chi connectivity index (χ2n) is 5.61. The van der Waals surface area contributed by atoms with Gasteiger partial charge >= 0.3 is 5.97 Å². The summed E-state index contributed by atoms with van der Waals surface area (Å²) in [7, 11) is 0. The molecule has 2 rings (SSSR count). The largest absolute Gasteiger partial charge is 0.478 e. The highest BCUT2D eigenvalue weighted by molar-refractivity contribution is 6.31. The topological polar surface area (TPSA) is 69.6 Å². The molecule has 6 heteroatoms. The first-order valence-corrected chi connectivity index (χ1v) is 8.47. The van der Waals surface area contributed by atoms with Crippen LogP contribution in [-0.4, -0.2) is 35.0 Å². The molecule has 0 aliphatic rings. The molecule has 2 aromatic rings. The number of carbonyl (C=O) groups is 2. The molecule has 0 spiro atoms. The highest BCUT2D eigenvalue weighted by Crippen LogP contribution is 2.21. The minimum atomic E-state index is -1.15. The van der Waals surface area contributed by atoms with Gasteiger partial charge in [0.1, 0.15) is 0 Å². The fourth-order valence-corrected chi connectivity index (χ4v) is 2.69. The first-order chi connectivity index (χ1) is 11.9. The van der Waals surface area contributed by atoms with Crippen LogP contribution in [0.15, 0.2) is 42.5 Å². The van der Waals surface area contributed by atoms with Crippen molar-refractivity contribution in [2.75, 3.05) is 18.4 Å². The molecule has 0 aromatic heterocycles. The van der Waals surface area contributed by atoms with Crippen molar-refractivity contribution in [3.8, 4) is 0 Å². The molecule has 0 bridgehead atoms. The summed E-state index contributed by atoms with van der Waals surface area (Å²) in [5.74, 6) is -1.50. The zero-order valence-corrected chi connectivity index (χ0v) is 15.0. The average Bonchev–Trinajstić information content (AvgIpc) is 2.61. The van der Waals surface area contributed by atoms with E-state index in [4.69, 9.17) is 11.6 Å². The summed E-state index contributed by atoms with van der Waals surface area (Å²) in [4.78, 5) is 26.1. The van der Waals surface area contributed by atoms with Gasteiger partial charge in [-0.25, -0.2) is 4.79 Å². The van der Waals surface area contributed by atoms with Gasteiger partial charge < -0.3 is 10.4 Å². The molecule has 0 heterocycles. The summed E-state index contributed by atoms with van der Waals surface area (Å²) in [6, 6.07) is 11.7. The summed E-state index contributed by atoms with van der Waals surface area (Å²) in [5, 5.41) is 12.2. The molecule has 2 aromatic carbocycles. The van der Waals surface area contributed by atoms with E-state index in [9.17, 15) is 14.7 Å². The molecule has 0 aliphatic heterocycles. The minimum Gasteiger partial charge on any atom is -0.478 e. The van der Waals surface area contributed by atoms with Crippen molar-refractivity contribution in [3.63, 3.8) is 0 Å². The first-order valence-electron chi connectivity index (χ1n) is 8.10. The number of carbonyl (C=O) groups excluding carboxylic acids is 1. The number of amides is 1. The highest BCUT2D eigenvalue weighted by atomic mass is 35.5. The maximum absolute atomic E-state index is 12.5. The van der Waals surface area contributed by atoms with Crippen molar-refractivity contribution in [3.05, 3.63) is 64.2 Å². The molecule has 1 amide bonds. The van der Waals surface area contributed by atoms with Gasteiger partial charge in [-0.05, 0) is 49.0 Å². The van der Waals surface area contributed by atoms with E-state index in [-0.39, 0.29) is 17.2 Å². The molecule has 0 aliphatic carbocycles. The number of hydrogen-bond donors (Lipinski definition) is 2. The normalized spacial score (nSPS) is 10.7. The third kappa shape index (κ3) is 5.05. The smallest absolute Gasteiger partial charge is 0.337 e. The minimum absolute atomic E-state index is 0.0415. The summed E-state index contributed by atoms with van der Waals surface area (Å²) in [6.45, 7) is 6.80. The van der Waals surface area contributed by atoms with E-state index < -0.39 is 5.97 Å². The van der Waals surface area contributed by atoms with Gasteiger partial charge in [0, 0.05) is 17.1 Å². The van der Waals surface area contributed by atoms with Crippen LogP contribution in [0, 0.1) is 0 Å². The second-order valence-corrected chi connectivity index (χ2v) is 6.05. The number of halogens is 1. The Kier molecular flexibility index (Phi) is 6.56. The van der Waals surface area contributed by atoms with E-state index in [0.29, 0.717) is 10.6 Å². The second kappa shape index (κ2) is 8.65. The fraction of sp³-hybridized carbons (Fsp3) is 0.263. The number of nitrogens with zero attached hydrogens (tertiary/aromatic N) is 1. The number of hydrogen-bond acceptors (Lipinski definition) is 3. The van der Waals surface area contributed by atoms with E-state index in [0.717, 1.165) is 25.2 Å². The summed E-state index contributed by atoms with van der Waals surface area (Å²) in [5.41, 5.74) is 1.69. The van der Waals surface area contributed by atoms with Crippen LogP contribution in [0.4, 0.5) is 5.69 Å². The van der Waals surface area contributed by atoms with Gasteiger partial charge in [-0.2, -0.15) is 0 Å². The van der Waals surface area contributed by atoms with Gasteiger partial charge in [-0.1, -0.05) is 37.6 Å². The Morgan fingerprint density at radius 1 is 1.12 bits per heavy atom. The van der Waals surface area contributed by atoms with Gasteiger partial charge in [0.2, 0.25) is 0 Å². The van der Waals surface area contributed by atoms with Crippen LogP contribution in [0.3, 0.4) is 0 Å². The number of benzene rings is 2. The Bertz CT molecular complexity index is 773. The van der Waals surface area contributed by atoms with E-state index in [1.807, 2.05) is 18.2 Å². The zero-order valence-electron chi connectivity index (χ0n) is 14.3. The summed E-state index contributed by atoms with van der Waals surface area (Å²) < 4.78 is 0. The highest BCUT2D eigenvalue weighted by Gasteiger charge is 2.14. The predicted octanol–water partition coefficient (Wildman–Crippen LogP) is 4.13. The number of anilines is 1. The molecule has 25 heavy (non-hydrogen) atoms. The molecule has 5 nitrogen and oxygen atoms in total. The number of rotatable bonds is 7.